The fourth-order valence-electron chi connectivity index (χ4n) is 1.93. The predicted octanol–water partition coefficient (Wildman–Crippen LogP) is 5.85. The number of thioether (sulfide) groups is 1. The maximum absolute atomic E-state index is 12.0. The highest BCUT2D eigenvalue weighted by Gasteiger charge is 1.99. The first kappa shape index (κ1) is 17.0. The number of rotatable bonds is 8. The Labute approximate surface area is 145 Å². The number of carbonyl (C=O) groups excluding carboxylic acids is 1. The Morgan fingerprint density at radius 2 is 1.73 bits per heavy atom. The largest absolute Gasteiger partial charge is 0.289 e. The molecular formula is C19H19BrOS. The molecule has 22 heavy (non-hydrogen) atoms. The molecule has 0 radical (unpaired) electrons. The lowest BCUT2D eigenvalue weighted by molar-refractivity contribution is 0.104. The van der Waals surface area contributed by atoms with Crippen LogP contribution >= 0.6 is 27.7 Å². The first-order valence-electron chi connectivity index (χ1n) is 7.36. The number of benzene rings is 2. The van der Waals surface area contributed by atoms with Gasteiger partial charge in [-0.25, -0.2) is 0 Å². The average molecular weight is 375 g/mol. The lowest BCUT2D eigenvalue weighted by Gasteiger charge is -2.01. The van der Waals surface area contributed by atoms with Crippen molar-refractivity contribution in [3.05, 3.63) is 71.8 Å². The molecule has 0 N–H and O–H groups in total. The maximum atomic E-state index is 12.0. The van der Waals surface area contributed by atoms with E-state index < -0.39 is 0 Å². The van der Waals surface area contributed by atoms with Crippen LogP contribution in [0.4, 0.5) is 0 Å². The van der Waals surface area contributed by atoms with Gasteiger partial charge in [0.15, 0.2) is 5.78 Å². The van der Waals surface area contributed by atoms with Crippen molar-refractivity contribution < 1.29 is 4.79 Å². The standard InChI is InChI=1S/C19H19BrOS/c20-14-4-5-15-22-18-11-8-16(9-12-18)10-13-19(21)17-6-2-1-3-7-17/h1-3,6-13H,4-5,14-15H2/b13-10+. The van der Waals surface area contributed by atoms with Crippen molar-refractivity contribution in [2.24, 2.45) is 0 Å². The number of hydrogen-bond acceptors (Lipinski definition) is 2. The summed E-state index contributed by atoms with van der Waals surface area (Å²) in [6.45, 7) is 0. The molecule has 0 atom stereocenters. The van der Waals surface area contributed by atoms with Gasteiger partial charge in [-0.2, -0.15) is 0 Å². The quantitative estimate of drug-likeness (QED) is 0.189. The number of unbranched alkanes of at least 4 members (excludes halogenated alkanes) is 1. The second kappa shape index (κ2) is 9.65. The normalized spacial score (nSPS) is 11.0. The number of ketones is 1. The molecule has 3 heteroatoms. The third-order valence-electron chi connectivity index (χ3n) is 3.16. The molecule has 0 aliphatic carbocycles. The van der Waals surface area contributed by atoms with Gasteiger partial charge in [0.2, 0.25) is 0 Å². The highest BCUT2D eigenvalue weighted by atomic mass is 79.9. The molecule has 0 aromatic heterocycles. The number of hydrogen-bond donors (Lipinski definition) is 0. The molecule has 0 aliphatic rings. The Morgan fingerprint density at radius 1 is 1.00 bits per heavy atom. The summed E-state index contributed by atoms with van der Waals surface area (Å²) in [5.41, 5.74) is 1.77. The summed E-state index contributed by atoms with van der Waals surface area (Å²) in [6.07, 6.45) is 5.95. The summed E-state index contributed by atoms with van der Waals surface area (Å²) in [7, 11) is 0. The zero-order chi connectivity index (χ0) is 15.6. The van der Waals surface area contributed by atoms with Crippen LogP contribution in [-0.2, 0) is 0 Å². The molecule has 0 heterocycles. The van der Waals surface area contributed by atoms with Crippen molar-refractivity contribution in [3.63, 3.8) is 0 Å². The predicted molar refractivity (Wildman–Crippen MR) is 100 cm³/mol. The smallest absolute Gasteiger partial charge is 0.185 e. The highest BCUT2D eigenvalue weighted by molar-refractivity contribution is 9.09. The Balaban J connectivity index is 1.88. The van der Waals surface area contributed by atoms with Crippen LogP contribution in [0.15, 0.2) is 65.6 Å². The van der Waals surface area contributed by atoms with Crippen LogP contribution in [0.2, 0.25) is 0 Å². The van der Waals surface area contributed by atoms with Gasteiger partial charge in [0, 0.05) is 15.8 Å². The highest BCUT2D eigenvalue weighted by Crippen LogP contribution is 2.20. The van der Waals surface area contributed by atoms with Crippen LogP contribution in [-0.4, -0.2) is 16.9 Å². The zero-order valence-electron chi connectivity index (χ0n) is 12.4. The van der Waals surface area contributed by atoms with Crippen LogP contribution in [0, 0.1) is 0 Å². The Kier molecular flexibility index (Phi) is 7.47. The Hall–Kier alpha value is -1.32. The van der Waals surface area contributed by atoms with E-state index in [0.29, 0.717) is 0 Å². The molecule has 0 fully saturated rings. The van der Waals surface area contributed by atoms with Gasteiger partial charge >= 0.3 is 0 Å². The number of alkyl halides is 1. The fraction of sp³-hybridized carbons (Fsp3) is 0.211. The third kappa shape index (κ3) is 5.82. The van der Waals surface area contributed by atoms with Crippen molar-refractivity contribution in [3.8, 4) is 0 Å². The summed E-state index contributed by atoms with van der Waals surface area (Å²) in [5.74, 6) is 1.18. The van der Waals surface area contributed by atoms with E-state index in [4.69, 9.17) is 0 Å². The minimum atomic E-state index is 0.0359. The van der Waals surface area contributed by atoms with Crippen LogP contribution in [0.25, 0.3) is 6.08 Å². The molecule has 0 saturated carbocycles. The van der Waals surface area contributed by atoms with Crippen molar-refractivity contribution in [2.75, 3.05) is 11.1 Å². The molecule has 0 amide bonds. The van der Waals surface area contributed by atoms with Crippen LogP contribution < -0.4 is 0 Å². The Morgan fingerprint density at radius 3 is 2.41 bits per heavy atom. The zero-order valence-corrected chi connectivity index (χ0v) is 14.8. The van der Waals surface area contributed by atoms with Gasteiger partial charge in [-0.3, -0.25) is 4.79 Å². The summed E-state index contributed by atoms with van der Waals surface area (Å²) >= 11 is 5.33. The van der Waals surface area contributed by atoms with E-state index in [1.54, 1.807) is 6.08 Å². The molecule has 1 nitrogen and oxygen atoms in total. The molecule has 2 aromatic rings. The second-order valence-corrected chi connectivity index (χ2v) is 6.84. The summed E-state index contributed by atoms with van der Waals surface area (Å²) in [5, 5.41) is 1.08. The van der Waals surface area contributed by atoms with E-state index in [1.807, 2.05) is 48.2 Å². The van der Waals surface area contributed by atoms with E-state index in [9.17, 15) is 4.79 Å². The SMILES string of the molecule is O=C(/C=C/c1ccc(SCCCCBr)cc1)c1ccccc1. The van der Waals surface area contributed by atoms with Gasteiger partial charge < -0.3 is 0 Å². The van der Waals surface area contributed by atoms with E-state index in [0.717, 1.165) is 22.2 Å². The minimum absolute atomic E-state index is 0.0359. The summed E-state index contributed by atoms with van der Waals surface area (Å²) in [4.78, 5) is 13.3. The molecule has 0 aliphatic heterocycles. The number of halogens is 1. The number of carbonyl (C=O) groups is 1. The molecule has 2 aromatic carbocycles. The van der Waals surface area contributed by atoms with Gasteiger partial charge in [-0.15, -0.1) is 11.8 Å². The molecule has 0 spiro atoms. The molecule has 0 unspecified atom stereocenters. The van der Waals surface area contributed by atoms with E-state index in [-0.39, 0.29) is 5.78 Å². The molecule has 0 saturated heterocycles. The van der Waals surface area contributed by atoms with Gasteiger partial charge in [0.1, 0.15) is 0 Å². The topological polar surface area (TPSA) is 17.1 Å². The van der Waals surface area contributed by atoms with E-state index in [1.165, 1.54) is 17.7 Å². The van der Waals surface area contributed by atoms with Crippen LogP contribution in [0.1, 0.15) is 28.8 Å². The molecule has 2 rings (SSSR count). The van der Waals surface area contributed by atoms with Gasteiger partial charge in [-0.05, 0) is 42.4 Å². The molecular weight excluding hydrogens is 356 g/mol. The monoisotopic (exact) mass is 374 g/mol. The summed E-state index contributed by atoms with van der Waals surface area (Å²) < 4.78 is 0. The fourth-order valence-corrected chi connectivity index (χ4v) is 3.24. The summed E-state index contributed by atoms with van der Waals surface area (Å²) in [6, 6.07) is 17.7. The molecule has 0 bridgehead atoms. The molecule has 114 valence electrons. The van der Waals surface area contributed by atoms with E-state index >= 15 is 0 Å². The van der Waals surface area contributed by atoms with Crippen molar-refractivity contribution in [2.45, 2.75) is 17.7 Å². The van der Waals surface area contributed by atoms with E-state index in [2.05, 4.69) is 40.2 Å². The first-order valence-corrected chi connectivity index (χ1v) is 9.46. The van der Waals surface area contributed by atoms with Crippen molar-refractivity contribution >= 4 is 39.6 Å². The van der Waals surface area contributed by atoms with Crippen LogP contribution in [0.3, 0.4) is 0 Å². The maximum Gasteiger partial charge on any atom is 0.185 e. The minimum Gasteiger partial charge on any atom is -0.289 e. The number of allylic oxidation sites excluding steroid dienone is 1. The first-order chi connectivity index (χ1) is 10.8. The lowest BCUT2D eigenvalue weighted by Crippen LogP contribution is -1.92. The van der Waals surface area contributed by atoms with Gasteiger partial charge in [0.05, 0.1) is 0 Å². The van der Waals surface area contributed by atoms with Crippen molar-refractivity contribution in [1.82, 2.24) is 0 Å². The Bertz CT molecular complexity index is 605. The second-order valence-electron chi connectivity index (χ2n) is 4.88. The third-order valence-corrected chi connectivity index (χ3v) is 4.82. The van der Waals surface area contributed by atoms with Crippen LogP contribution in [0.5, 0.6) is 0 Å². The van der Waals surface area contributed by atoms with Crippen molar-refractivity contribution in [1.29, 1.82) is 0 Å². The van der Waals surface area contributed by atoms with Gasteiger partial charge in [0.25, 0.3) is 0 Å². The lowest BCUT2D eigenvalue weighted by atomic mass is 10.1. The van der Waals surface area contributed by atoms with Gasteiger partial charge in [-0.1, -0.05) is 64.5 Å². The average Bonchev–Trinajstić information content (AvgIpc) is 2.58.